The second kappa shape index (κ2) is 7.02. The van der Waals surface area contributed by atoms with E-state index in [0.29, 0.717) is 27.6 Å². The van der Waals surface area contributed by atoms with Crippen LogP contribution in [-0.4, -0.2) is 33.3 Å². The van der Waals surface area contributed by atoms with Crippen molar-refractivity contribution < 1.29 is 9.53 Å². The van der Waals surface area contributed by atoms with Crippen LogP contribution in [0, 0.1) is 6.92 Å². The first-order valence-corrected chi connectivity index (χ1v) is 8.59. The first-order chi connectivity index (χ1) is 12.0. The summed E-state index contributed by atoms with van der Waals surface area (Å²) in [5.74, 6) is 0.632. The van der Waals surface area contributed by atoms with Crippen molar-refractivity contribution in [2.24, 2.45) is 7.05 Å². The number of nitrogens with one attached hydrogen (secondary N) is 2. The molecule has 0 radical (unpaired) electrons. The summed E-state index contributed by atoms with van der Waals surface area (Å²) in [5.41, 5.74) is 2.45. The molecule has 7 nitrogen and oxygen atoms in total. The molecular formula is C17H18N4O3S. The number of hydrogen-bond acceptors (Lipinski definition) is 5. The van der Waals surface area contributed by atoms with E-state index in [-0.39, 0.29) is 17.2 Å². The van der Waals surface area contributed by atoms with E-state index in [1.54, 1.807) is 38.4 Å². The highest BCUT2D eigenvalue weighted by Crippen LogP contribution is 2.19. The van der Waals surface area contributed by atoms with Gasteiger partial charge >= 0.3 is 0 Å². The molecular weight excluding hydrogens is 340 g/mol. The molecule has 130 valence electrons. The number of ether oxygens (including phenoxy) is 1. The molecule has 0 aliphatic rings. The lowest BCUT2D eigenvalue weighted by Gasteiger charge is -2.08. The molecule has 1 amide bonds. The zero-order valence-electron chi connectivity index (χ0n) is 14.1. The number of rotatable bonds is 5. The number of amides is 1. The number of aromatic amines is 1. The van der Waals surface area contributed by atoms with Gasteiger partial charge in [0.1, 0.15) is 11.3 Å². The van der Waals surface area contributed by atoms with E-state index in [2.05, 4.69) is 15.3 Å². The second-order valence-electron chi connectivity index (χ2n) is 5.54. The minimum Gasteiger partial charge on any atom is -0.497 e. The maximum atomic E-state index is 12.3. The zero-order chi connectivity index (χ0) is 18.0. The van der Waals surface area contributed by atoms with Gasteiger partial charge in [-0.05, 0) is 25.1 Å². The number of nitrogens with zero attached hydrogens (tertiary/aromatic N) is 2. The topological polar surface area (TPSA) is 89.0 Å². The van der Waals surface area contributed by atoms with Crippen molar-refractivity contribution in [2.45, 2.75) is 12.1 Å². The van der Waals surface area contributed by atoms with Gasteiger partial charge in [-0.25, -0.2) is 4.98 Å². The standard InChI is InChI=1S/C17H18N4O3S/c1-10-7-13-15(18-10)16(23)21(2)17(20-13)25-9-14(22)19-11-5-4-6-12(8-11)24-3/h4-8,18H,9H2,1-3H3,(H,19,22). The summed E-state index contributed by atoms with van der Waals surface area (Å²) in [4.78, 5) is 32.0. The minimum atomic E-state index is -0.183. The van der Waals surface area contributed by atoms with Crippen molar-refractivity contribution in [2.75, 3.05) is 18.2 Å². The normalized spacial score (nSPS) is 10.8. The second-order valence-corrected chi connectivity index (χ2v) is 6.48. The van der Waals surface area contributed by atoms with Gasteiger partial charge in [-0.3, -0.25) is 14.2 Å². The Kier molecular flexibility index (Phi) is 4.80. The Balaban J connectivity index is 1.72. The van der Waals surface area contributed by atoms with Crippen molar-refractivity contribution in [1.29, 1.82) is 0 Å². The van der Waals surface area contributed by atoms with E-state index >= 15 is 0 Å². The number of aromatic nitrogens is 3. The molecule has 25 heavy (non-hydrogen) atoms. The molecule has 1 aromatic carbocycles. The van der Waals surface area contributed by atoms with Crippen LogP contribution in [0.2, 0.25) is 0 Å². The lowest BCUT2D eigenvalue weighted by Crippen LogP contribution is -2.21. The molecule has 0 fully saturated rings. The molecule has 0 spiro atoms. The molecule has 0 bridgehead atoms. The molecule has 3 aromatic rings. The molecule has 0 saturated carbocycles. The molecule has 2 N–H and O–H groups in total. The van der Waals surface area contributed by atoms with Crippen LogP contribution in [0.3, 0.4) is 0 Å². The van der Waals surface area contributed by atoms with Gasteiger partial charge in [0, 0.05) is 24.5 Å². The monoisotopic (exact) mass is 358 g/mol. The number of fused-ring (bicyclic) bond motifs is 1. The largest absolute Gasteiger partial charge is 0.497 e. The highest BCUT2D eigenvalue weighted by molar-refractivity contribution is 7.99. The van der Waals surface area contributed by atoms with Crippen molar-refractivity contribution >= 4 is 34.4 Å². The molecule has 0 saturated heterocycles. The molecule has 0 atom stereocenters. The fourth-order valence-corrected chi connectivity index (χ4v) is 3.19. The lowest BCUT2D eigenvalue weighted by molar-refractivity contribution is -0.113. The predicted octanol–water partition coefficient (Wildman–Crippen LogP) is 2.31. The summed E-state index contributed by atoms with van der Waals surface area (Å²) in [5, 5.41) is 3.30. The number of hydrogen-bond donors (Lipinski definition) is 2. The summed E-state index contributed by atoms with van der Waals surface area (Å²) >= 11 is 1.22. The van der Waals surface area contributed by atoms with E-state index in [1.807, 2.05) is 13.0 Å². The van der Waals surface area contributed by atoms with Crippen LogP contribution in [0.15, 0.2) is 40.3 Å². The van der Waals surface area contributed by atoms with Crippen molar-refractivity contribution in [3.63, 3.8) is 0 Å². The number of carbonyl (C=O) groups is 1. The molecule has 0 aliphatic heterocycles. The van der Waals surface area contributed by atoms with Gasteiger partial charge in [-0.15, -0.1) is 0 Å². The Morgan fingerprint density at radius 3 is 2.96 bits per heavy atom. The van der Waals surface area contributed by atoms with Gasteiger partial charge in [0.05, 0.1) is 18.4 Å². The number of benzene rings is 1. The first-order valence-electron chi connectivity index (χ1n) is 7.61. The fourth-order valence-electron chi connectivity index (χ4n) is 2.42. The number of thioether (sulfide) groups is 1. The Morgan fingerprint density at radius 2 is 2.20 bits per heavy atom. The molecule has 2 heterocycles. The molecule has 0 aliphatic carbocycles. The number of aryl methyl sites for hydroxylation is 1. The van der Waals surface area contributed by atoms with Crippen LogP contribution >= 0.6 is 11.8 Å². The SMILES string of the molecule is COc1cccc(NC(=O)CSc2nc3cc(C)[nH]c3c(=O)n2C)c1. The Bertz CT molecular complexity index is 993. The van der Waals surface area contributed by atoms with E-state index < -0.39 is 0 Å². The van der Waals surface area contributed by atoms with E-state index in [0.717, 1.165) is 5.69 Å². The molecule has 8 heteroatoms. The van der Waals surface area contributed by atoms with Gasteiger partial charge in [-0.2, -0.15) is 0 Å². The van der Waals surface area contributed by atoms with Gasteiger partial charge in [0.25, 0.3) is 5.56 Å². The number of anilines is 1. The highest BCUT2D eigenvalue weighted by atomic mass is 32.2. The van der Waals surface area contributed by atoms with E-state index in [9.17, 15) is 9.59 Å². The average Bonchev–Trinajstić information content (AvgIpc) is 2.97. The van der Waals surface area contributed by atoms with Crippen LogP contribution in [0.4, 0.5) is 5.69 Å². The van der Waals surface area contributed by atoms with Crippen molar-refractivity contribution in [1.82, 2.24) is 14.5 Å². The summed E-state index contributed by atoms with van der Waals surface area (Å²) in [6, 6.07) is 8.95. The lowest BCUT2D eigenvalue weighted by atomic mass is 10.3. The van der Waals surface area contributed by atoms with E-state index in [1.165, 1.54) is 16.3 Å². The van der Waals surface area contributed by atoms with Crippen LogP contribution < -0.4 is 15.6 Å². The minimum absolute atomic E-state index is 0.145. The Labute approximate surface area is 148 Å². The van der Waals surface area contributed by atoms with Gasteiger partial charge in [0.15, 0.2) is 5.16 Å². The fraction of sp³-hybridized carbons (Fsp3) is 0.235. The van der Waals surface area contributed by atoms with E-state index in [4.69, 9.17) is 4.74 Å². The summed E-state index contributed by atoms with van der Waals surface area (Å²) in [6.45, 7) is 1.87. The van der Waals surface area contributed by atoms with Crippen molar-refractivity contribution in [3.8, 4) is 5.75 Å². The van der Waals surface area contributed by atoms with Crippen LogP contribution in [-0.2, 0) is 11.8 Å². The average molecular weight is 358 g/mol. The summed E-state index contributed by atoms with van der Waals surface area (Å²) < 4.78 is 6.58. The van der Waals surface area contributed by atoms with Crippen LogP contribution in [0.25, 0.3) is 11.0 Å². The quantitative estimate of drug-likeness (QED) is 0.540. The third-order valence-corrected chi connectivity index (χ3v) is 4.67. The van der Waals surface area contributed by atoms with Crippen LogP contribution in [0.1, 0.15) is 5.69 Å². The molecule has 0 unspecified atom stereocenters. The Hall–Kier alpha value is -2.74. The highest BCUT2D eigenvalue weighted by Gasteiger charge is 2.12. The number of methoxy groups -OCH3 is 1. The third kappa shape index (κ3) is 3.69. The van der Waals surface area contributed by atoms with Gasteiger partial charge in [0.2, 0.25) is 5.91 Å². The molecule has 2 aromatic heterocycles. The maximum absolute atomic E-state index is 12.3. The summed E-state index contributed by atoms with van der Waals surface area (Å²) in [6.07, 6.45) is 0. The van der Waals surface area contributed by atoms with Gasteiger partial charge in [-0.1, -0.05) is 17.8 Å². The third-order valence-electron chi connectivity index (χ3n) is 3.64. The first kappa shape index (κ1) is 17.1. The maximum Gasteiger partial charge on any atom is 0.278 e. The predicted molar refractivity (Wildman–Crippen MR) is 98.4 cm³/mol. The van der Waals surface area contributed by atoms with Gasteiger partial charge < -0.3 is 15.0 Å². The van der Waals surface area contributed by atoms with Crippen molar-refractivity contribution in [3.05, 3.63) is 46.4 Å². The number of carbonyl (C=O) groups excluding carboxylic acids is 1. The number of H-pyrrole nitrogens is 1. The Morgan fingerprint density at radius 1 is 1.40 bits per heavy atom. The molecule has 3 rings (SSSR count). The zero-order valence-corrected chi connectivity index (χ0v) is 14.9. The van der Waals surface area contributed by atoms with Crippen LogP contribution in [0.5, 0.6) is 5.75 Å². The summed E-state index contributed by atoms with van der Waals surface area (Å²) in [7, 11) is 3.22. The smallest absolute Gasteiger partial charge is 0.278 e.